The number of rotatable bonds is 5. The number of nitrogens with zero attached hydrogens (tertiary/aromatic N) is 1. The zero-order chi connectivity index (χ0) is 14.5. The molecule has 2 rings (SSSR count). The van der Waals surface area contributed by atoms with Gasteiger partial charge in [-0.2, -0.15) is 0 Å². The minimum atomic E-state index is -0.139. The maximum Gasteiger partial charge on any atom is 0.123 e. The number of hydrogen-bond acceptors (Lipinski definition) is 2. The van der Waals surface area contributed by atoms with Gasteiger partial charge in [0.15, 0.2) is 0 Å². The Kier molecular flexibility index (Phi) is 5.41. The van der Waals surface area contributed by atoms with Crippen molar-refractivity contribution in [2.75, 3.05) is 18.0 Å². The third kappa shape index (κ3) is 3.72. The van der Waals surface area contributed by atoms with E-state index < -0.39 is 0 Å². The van der Waals surface area contributed by atoms with Crippen LogP contribution in [0.25, 0.3) is 0 Å². The Bertz CT molecular complexity index is 433. The summed E-state index contributed by atoms with van der Waals surface area (Å²) in [5.74, 6) is 0.656. The lowest BCUT2D eigenvalue weighted by molar-refractivity contribution is 0.377. The van der Waals surface area contributed by atoms with E-state index in [2.05, 4.69) is 31.0 Å². The van der Waals surface area contributed by atoms with E-state index in [1.165, 1.54) is 18.5 Å². The second-order valence-corrected chi connectivity index (χ2v) is 6.12. The SMILES string of the molecule is CCCNCc1cc(F)ccc1N1CCC(C)CC1C. The van der Waals surface area contributed by atoms with Crippen LogP contribution < -0.4 is 10.2 Å². The minimum Gasteiger partial charge on any atom is -0.369 e. The lowest BCUT2D eigenvalue weighted by Crippen LogP contribution is -2.41. The highest BCUT2D eigenvalue weighted by Crippen LogP contribution is 2.30. The van der Waals surface area contributed by atoms with Crippen LogP contribution in [0.1, 0.15) is 45.6 Å². The summed E-state index contributed by atoms with van der Waals surface area (Å²) in [6.45, 7) is 9.55. The molecule has 20 heavy (non-hydrogen) atoms. The maximum absolute atomic E-state index is 13.5. The zero-order valence-corrected chi connectivity index (χ0v) is 13.0. The van der Waals surface area contributed by atoms with Crippen LogP contribution in [0.3, 0.4) is 0 Å². The molecule has 0 radical (unpaired) electrons. The highest BCUT2D eigenvalue weighted by Gasteiger charge is 2.24. The Morgan fingerprint density at radius 2 is 2.15 bits per heavy atom. The highest BCUT2D eigenvalue weighted by atomic mass is 19.1. The highest BCUT2D eigenvalue weighted by molar-refractivity contribution is 5.55. The summed E-state index contributed by atoms with van der Waals surface area (Å²) >= 11 is 0. The topological polar surface area (TPSA) is 15.3 Å². The van der Waals surface area contributed by atoms with E-state index in [1.807, 2.05) is 6.07 Å². The average Bonchev–Trinajstić information content (AvgIpc) is 2.40. The molecule has 0 aromatic heterocycles. The number of piperidine rings is 1. The summed E-state index contributed by atoms with van der Waals surface area (Å²) in [4.78, 5) is 2.45. The molecule has 1 N–H and O–H groups in total. The van der Waals surface area contributed by atoms with Crippen LogP contribution >= 0.6 is 0 Å². The first-order chi connectivity index (χ1) is 9.61. The first-order valence-electron chi connectivity index (χ1n) is 7.87. The fourth-order valence-corrected chi connectivity index (χ4v) is 3.14. The van der Waals surface area contributed by atoms with Gasteiger partial charge in [0.05, 0.1) is 0 Å². The normalized spacial score (nSPS) is 23.1. The molecule has 112 valence electrons. The van der Waals surface area contributed by atoms with Crippen molar-refractivity contribution in [2.24, 2.45) is 5.92 Å². The van der Waals surface area contributed by atoms with Crippen LogP contribution in [0.5, 0.6) is 0 Å². The van der Waals surface area contributed by atoms with Crippen LogP contribution in [0.15, 0.2) is 18.2 Å². The van der Waals surface area contributed by atoms with E-state index >= 15 is 0 Å². The molecule has 2 atom stereocenters. The van der Waals surface area contributed by atoms with E-state index in [1.54, 1.807) is 12.1 Å². The molecule has 1 aromatic carbocycles. The van der Waals surface area contributed by atoms with Crippen molar-refractivity contribution in [3.8, 4) is 0 Å². The number of anilines is 1. The average molecular weight is 278 g/mol. The van der Waals surface area contributed by atoms with E-state index in [9.17, 15) is 4.39 Å². The number of nitrogens with one attached hydrogen (secondary N) is 1. The Morgan fingerprint density at radius 1 is 1.35 bits per heavy atom. The van der Waals surface area contributed by atoms with E-state index in [4.69, 9.17) is 0 Å². The quantitative estimate of drug-likeness (QED) is 0.820. The second kappa shape index (κ2) is 7.07. The first kappa shape index (κ1) is 15.3. The molecule has 0 bridgehead atoms. The van der Waals surface area contributed by atoms with Gasteiger partial charge < -0.3 is 10.2 Å². The van der Waals surface area contributed by atoms with Crippen LogP contribution in [0.4, 0.5) is 10.1 Å². The predicted octanol–water partition coefficient (Wildman–Crippen LogP) is 3.95. The van der Waals surface area contributed by atoms with Gasteiger partial charge in [-0.3, -0.25) is 0 Å². The van der Waals surface area contributed by atoms with Gasteiger partial charge in [0, 0.05) is 24.8 Å². The smallest absolute Gasteiger partial charge is 0.123 e. The Hall–Kier alpha value is -1.09. The maximum atomic E-state index is 13.5. The standard InChI is InChI=1S/C17H27FN2/c1-4-8-19-12-15-11-16(18)5-6-17(15)20-9-7-13(2)10-14(20)3/h5-6,11,13-14,19H,4,7-10,12H2,1-3H3. The largest absolute Gasteiger partial charge is 0.369 e. The lowest BCUT2D eigenvalue weighted by atomic mass is 9.92. The van der Waals surface area contributed by atoms with Gasteiger partial charge in [-0.1, -0.05) is 13.8 Å². The third-order valence-corrected chi connectivity index (χ3v) is 4.23. The molecule has 1 aliphatic heterocycles. The van der Waals surface area contributed by atoms with E-state index in [0.717, 1.165) is 37.5 Å². The van der Waals surface area contributed by atoms with Crippen molar-refractivity contribution in [3.05, 3.63) is 29.6 Å². The van der Waals surface area contributed by atoms with E-state index in [0.29, 0.717) is 6.04 Å². The molecule has 1 aromatic rings. The van der Waals surface area contributed by atoms with Crippen molar-refractivity contribution in [2.45, 2.75) is 52.6 Å². The number of hydrogen-bond donors (Lipinski definition) is 1. The van der Waals surface area contributed by atoms with Gasteiger partial charge in [0.25, 0.3) is 0 Å². The molecule has 0 spiro atoms. The zero-order valence-electron chi connectivity index (χ0n) is 13.0. The lowest BCUT2D eigenvalue weighted by Gasteiger charge is -2.39. The molecular weight excluding hydrogens is 251 g/mol. The molecule has 2 nitrogen and oxygen atoms in total. The van der Waals surface area contributed by atoms with Crippen molar-refractivity contribution in [1.82, 2.24) is 5.32 Å². The van der Waals surface area contributed by atoms with Crippen LogP contribution in [0, 0.1) is 11.7 Å². The number of halogens is 1. The Balaban J connectivity index is 2.17. The van der Waals surface area contributed by atoms with Gasteiger partial charge in [-0.25, -0.2) is 4.39 Å². The summed E-state index contributed by atoms with van der Waals surface area (Å²) < 4.78 is 13.5. The molecule has 1 aliphatic rings. The van der Waals surface area contributed by atoms with Crippen LogP contribution in [-0.2, 0) is 6.54 Å². The summed E-state index contributed by atoms with van der Waals surface area (Å²) in [6, 6.07) is 5.76. The molecule has 3 heteroatoms. The number of benzene rings is 1. The fraction of sp³-hybridized carbons (Fsp3) is 0.647. The first-order valence-corrected chi connectivity index (χ1v) is 7.87. The van der Waals surface area contributed by atoms with Gasteiger partial charge in [-0.15, -0.1) is 0 Å². The minimum absolute atomic E-state index is 0.139. The predicted molar refractivity (Wildman–Crippen MR) is 83.6 cm³/mol. The third-order valence-electron chi connectivity index (χ3n) is 4.23. The molecule has 2 unspecified atom stereocenters. The second-order valence-electron chi connectivity index (χ2n) is 6.12. The Labute approximate surface area is 122 Å². The molecule has 0 saturated carbocycles. The summed E-state index contributed by atoms with van der Waals surface area (Å²) in [6.07, 6.45) is 3.55. The van der Waals surface area contributed by atoms with Crippen molar-refractivity contribution >= 4 is 5.69 Å². The van der Waals surface area contributed by atoms with Gasteiger partial charge >= 0.3 is 0 Å². The van der Waals surface area contributed by atoms with Gasteiger partial charge in [0.1, 0.15) is 5.82 Å². The summed E-state index contributed by atoms with van der Waals surface area (Å²) in [5.41, 5.74) is 2.29. The molecule has 1 heterocycles. The van der Waals surface area contributed by atoms with Gasteiger partial charge in [0.2, 0.25) is 0 Å². The van der Waals surface area contributed by atoms with Gasteiger partial charge in [-0.05, 0) is 62.4 Å². The van der Waals surface area contributed by atoms with Crippen molar-refractivity contribution in [3.63, 3.8) is 0 Å². The van der Waals surface area contributed by atoms with E-state index in [-0.39, 0.29) is 5.82 Å². The Morgan fingerprint density at radius 3 is 2.85 bits per heavy atom. The monoisotopic (exact) mass is 278 g/mol. The van der Waals surface area contributed by atoms with Crippen LogP contribution in [0.2, 0.25) is 0 Å². The van der Waals surface area contributed by atoms with Crippen LogP contribution in [-0.4, -0.2) is 19.1 Å². The molecule has 1 fully saturated rings. The molecular formula is C17H27FN2. The molecule has 0 amide bonds. The molecule has 1 saturated heterocycles. The fourth-order valence-electron chi connectivity index (χ4n) is 3.14. The van der Waals surface area contributed by atoms with Crippen molar-refractivity contribution < 1.29 is 4.39 Å². The van der Waals surface area contributed by atoms with Crippen molar-refractivity contribution in [1.29, 1.82) is 0 Å². The summed E-state index contributed by atoms with van der Waals surface area (Å²) in [5, 5.41) is 3.39. The summed E-state index contributed by atoms with van der Waals surface area (Å²) in [7, 11) is 0. The molecule has 0 aliphatic carbocycles.